The van der Waals surface area contributed by atoms with Crippen LogP contribution in [0.3, 0.4) is 0 Å². The highest BCUT2D eigenvalue weighted by atomic mass is 16.1. The van der Waals surface area contributed by atoms with Crippen LogP contribution in [0.5, 0.6) is 0 Å². The van der Waals surface area contributed by atoms with Crippen LogP contribution in [0.25, 0.3) is 0 Å². The topological polar surface area (TPSA) is 94.0 Å². The van der Waals surface area contributed by atoms with E-state index < -0.39 is 0 Å². The first kappa shape index (κ1) is 10.6. The third kappa shape index (κ3) is 2.79. The molecule has 1 atom stereocenters. The lowest BCUT2D eigenvalue weighted by atomic mass is 10.1. The monoisotopic (exact) mass is 194 g/mol. The highest BCUT2D eigenvalue weighted by Gasteiger charge is 2.03. The molecular formula is C9H14N4O. The number of pyridine rings is 1. The smallest absolute Gasteiger partial charge is 0.222 e. The minimum absolute atomic E-state index is 0.145. The molecule has 5 heteroatoms. The van der Waals surface area contributed by atoms with Crippen LogP contribution in [-0.4, -0.2) is 17.4 Å². The third-order valence-corrected chi connectivity index (χ3v) is 1.77. The van der Waals surface area contributed by atoms with Gasteiger partial charge in [0.05, 0.1) is 0 Å². The number of hydrogen-bond acceptors (Lipinski definition) is 4. The molecule has 1 aromatic rings. The summed E-state index contributed by atoms with van der Waals surface area (Å²) in [5.74, 6) is 0.374. The molecule has 76 valence electrons. The summed E-state index contributed by atoms with van der Waals surface area (Å²) in [5.41, 5.74) is 12.0. The molecular weight excluding hydrogens is 180 g/mol. The molecule has 5 nitrogen and oxygen atoms in total. The molecule has 5 N–H and O–H groups in total. The number of nitrogens with one attached hydrogen (secondary N) is 1. The predicted molar refractivity (Wildman–Crippen MR) is 54.5 cm³/mol. The van der Waals surface area contributed by atoms with Gasteiger partial charge in [-0.15, -0.1) is 0 Å². The number of carbonyl (C=O) groups excluding carboxylic acids is 1. The Morgan fingerprint density at radius 2 is 2.36 bits per heavy atom. The highest BCUT2D eigenvalue weighted by Crippen LogP contribution is 2.10. The van der Waals surface area contributed by atoms with Crippen LogP contribution < -0.4 is 16.8 Å². The molecule has 1 heterocycles. The lowest BCUT2D eigenvalue weighted by Crippen LogP contribution is -2.21. The van der Waals surface area contributed by atoms with Gasteiger partial charge in [0.1, 0.15) is 5.82 Å². The van der Waals surface area contributed by atoms with Gasteiger partial charge in [0, 0.05) is 25.7 Å². The minimum atomic E-state index is -0.200. The van der Waals surface area contributed by atoms with Gasteiger partial charge in [0.15, 0.2) is 0 Å². The molecule has 0 aliphatic heterocycles. The standard InChI is InChI=1S/C9H14N4O/c1-6(14)13-9-3-2-7(5-12-9)8(11)4-10/h2-3,5,8H,4,10-11H2,1H3,(H,12,13,14). The SMILES string of the molecule is CC(=O)Nc1ccc(C(N)CN)cn1. The van der Waals surface area contributed by atoms with Gasteiger partial charge in [-0.2, -0.15) is 0 Å². The van der Waals surface area contributed by atoms with E-state index in [9.17, 15) is 4.79 Å². The van der Waals surface area contributed by atoms with Crippen molar-refractivity contribution in [3.63, 3.8) is 0 Å². The van der Waals surface area contributed by atoms with Crippen LogP contribution in [0.15, 0.2) is 18.3 Å². The van der Waals surface area contributed by atoms with Gasteiger partial charge >= 0.3 is 0 Å². The first-order valence-electron chi connectivity index (χ1n) is 4.32. The van der Waals surface area contributed by atoms with Crippen LogP contribution in [-0.2, 0) is 4.79 Å². The fourth-order valence-corrected chi connectivity index (χ4v) is 1.02. The molecule has 0 aliphatic carbocycles. The van der Waals surface area contributed by atoms with E-state index in [1.54, 1.807) is 18.3 Å². The summed E-state index contributed by atoms with van der Waals surface area (Å²) in [7, 11) is 0. The molecule has 0 saturated heterocycles. The predicted octanol–water partition coefficient (Wildman–Crippen LogP) is -0.00150. The van der Waals surface area contributed by atoms with E-state index in [0.717, 1.165) is 5.56 Å². The first-order chi connectivity index (χ1) is 6.63. The fraction of sp³-hybridized carbons (Fsp3) is 0.333. The second kappa shape index (κ2) is 4.69. The summed E-state index contributed by atoms with van der Waals surface area (Å²) >= 11 is 0. The zero-order valence-corrected chi connectivity index (χ0v) is 8.03. The zero-order chi connectivity index (χ0) is 10.6. The number of anilines is 1. The van der Waals surface area contributed by atoms with Crippen molar-refractivity contribution in [2.75, 3.05) is 11.9 Å². The number of hydrogen-bond donors (Lipinski definition) is 3. The number of nitrogens with two attached hydrogens (primary N) is 2. The molecule has 1 unspecified atom stereocenters. The van der Waals surface area contributed by atoms with E-state index >= 15 is 0 Å². The van der Waals surface area contributed by atoms with E-state index in [1.165, 1.54) is 6.92 Å². The molecule has 0 bridgehead atoms. The minimum Gasteiger partial charge on any atom is -0.329 e. The van der Waals surface area contributed by atoms with E-state index in [4.69, 9.17) is 11.5 Å². The van der Waals surface area contributed by atoms with Crippen molar-refractivity contribution < 1.29 is 4.79 Å². The Bertz CT molecular complexity index is 309. The Morgan fingerprint density at radius 1 is 1.64 bits per heavy atom. The van der Waals surface area contributed by atoms with Crippen molar-refractivity contribution in [2.45, 2.75) is 13.0 Å². The quantitative estimate of drug-likeness (QED) is 0.631. The molecule has 0 fully saturated rings. The maximum Gasteiger partial charge on any atom is 0.222 e. The summed E-state index contributed by atoms with van der Waals surface area (Å²) < 4.78 is 0. The maximum absolute atomic E-state index is 10.7. The molecule has 0 aliphatic rings. The molecule has 14 heavy (non-hydrogen) atoms. The van der Waals surface area contributed by atoms with E-state index in [2.05, 4.69) is 10.3 Å². The highest BCUT2D eigenvalue weighted by molar-refractivity contribution is 5.87. The molecule has 0 aromatic carbocycles. The Hall–Kier alpha value is -1.46. The van der Waals surface area contributed by atoms with Crippen molar-refractivity contribution in [2.24, 2.45) is 11.5 Å². The van der Waals surface area contributed by atoms with Gasteiger partial charge < -0.3 is 16.8 Å². The number of rotatable bonds is 3. The molecule has 1 rings (SSSR count). The summed E-state index contributed by atoms with van der Waals surface area (Å²) in [5, 5.41) is 2.57. The van der Waals surface area contributed by atoms with Crippen LogP contribution in [0.2, 0.25) is 0 Å². The molecule has 0 radical (unpaired) electrons. The van der Waals surface area contributed by atoms with Crippen LogP contribution in [0.4, 0.5) is 5.82 Å². The Kier molecular flexibility index (Phi) is 3.55. The number of nitrogens with zero attached hydrogens (tertiary/aromatic N) is 1. The maximum atomic E-state index is 10.7. The molecule has 0 saturated carbocycles. The molecule has 0 spiro atoms. The van der Waals surface area contributed by atoms with Crippen LogP contribution in [0, 0.1) is 0 Å². The fourth-order valence-electron chi connectivity index (χ4n) is 1.02. The van der Waals surface area contributed by atoms with Gasteiger partial charge in [0.25, 0.3) is 0 Å². The summed E-state index contributed by atoms with van der Waals surface area (Å²) in [6, 6.07) is 3.30. The third-order valence-electron chi connectivity index (χ3n) is 1.77. The van der Waals surface area contributed by atoms with Gasteiger partial charge in [-0.25, -0.2) is 4.98 Å². The van der Waals surface area contributed by atoms with Crippen molar-refractivity contribution in [1.29, 1.82) is 0 Å². The van der Waals surface area contributed by atoms with Crippen LogP contribution in [0.1, 0.15) is 18.5 Å². The lowest BCUT2D eigenvalue weighted by Gasteiger charge is -2.08. The largest absolute Gasteiger partial charge is 0.329 e. The average Bonchev–Trinajstić information content (AvgIpc) is 2.17. The van der Waals surface area contributed by atoms with Gasteiger partial charge in [-0.05, 0) is 11.6 Å². The average molecular weight is 194 g/mol. The zero-order valence-electron chi connectivity index (χ0n) is 8.03. The Balaban J connectivity index is 2.73. The summed E-state index contributed by atoms with van der Waals surface area (Å²) in [4.78, 5) is 14.7. The molecule has 1 amide bonds. The lowest BCUT2D eigenvalue weighted by molar-refractivity contribution is -0.114. The van der Waals surface area contributed by atoms with Crippen molar-refractivity contribution in [3.05, 3.63) is 23.9 Å². The number of amides is 1. The van der Waals surface area contributed by atoms with E-state index in [1.807, 2.05) is 0 Å². The van der Waals surface area contributed by atoms with Gasteiger partial charge in [0.2, 0.25) is 5.91 Å². The number of aromatic nitrogens is 1. The Labute approximate surface area is 82.5 Å². The number of carbonyl (C=O) groups is 1. The van der Waals surface area contributed by atoms with Crippen molar-refractivity contribution in [1.82, 2.24) is 4.98 Å². The normalized spacial score (nSPS) is 12.2. The van der Waals surface area contributed by atoms with Crippen molar-refractivity contribution >= 4 is 11.7 Å². The Morgan fingerprint density at radius 3 is 2.79 bits per heavy atom. The second-order valence-electron chi connectivity index (χ2n) is 3.00. The van der Waals surface area contributed by atoms with Gasteiger partial charge in [-0.3, -0.25) is 4.79 Å². The summed E-state index contributed by atoms with van der Waals surface area (Å²) in [6.45, 7) is 1.81. The van der Waals surface area contributed by atoms with Crippen molar-refractivity contribution in [3.8, 4) is 0 Å². The molecule has 1 aromatic heterocycles. The second-order valence-corrected chi connectivity index (χ2v) is 3.00. The summed E-state index contributed by atoms with van der Waals surface area (Å²) in [6.07, 6.45) is 1.61. The van der Waals surface area contributed by atoms with E-state index in [-0.39, 0.29) is 11.9 Å². The van der Waals surface area contributed by atoms with Crippen LogP contribution >= 0.6 is 0 Å². The van der Waals surface area contributed by atoms with Gasteiger partial charge in [-0.1, -0.05) is 6.07 Å². The first-order valence-corrected chi connectivity index (χ1v) is 4.32. The van der Waals surface area contributed by atoms with E-state index in [0.29, 0.717) is 12.4 Å².